The number of hydrogen-bond acceptors (Lipinski definition) is 2. The summed E-state index contributed by atoms with van der Waals surface area (Å²) in [5.41, 5.74) is 2.04. The maximum absolute atomic E-state index is 9.46. The summed E-state index contributed by atoms with van der Waals surface area (Å²) in [7, 11) is 0. The van der Waals surface area contributed by atoms with Crippen molar-refractivity contribution in [2.75, 3.05) is 0 Å². The Morgan fingerprint density at radius 3 is 2.30 bits per heavy atom. The summed E-state index contributed by atoms with van der Waals surface area (Å²) in [6, 6.07) is 15.6. The first-order valence-electron chi connectivity index (χ1n) is 6.99. The summed E-state index contributed by atoms with van der Waals surface area (Å²) < 4.78 is 6.30. The second-order valence-electron chi connectivity index (χ2n) is 6.44. The van der Waals surface area contributed by atoms with Gasteiger partial charge in [0, 0.05) is 6.42 Å². The predicted molar refractivity (Wildman–Crippen MR) is 80.2 cm³/mol. The molecular weight excluding hydrogens is 248 g/mol. The van der Waals surface area contributed by atoms with Crippen molar-refractivity contribution in [2.45, 2.75) is 38.2 Å². The second-order valence-corrected chi connectivity index (χ2v) is 6.44. The Bertz CT molecular complexity index is 628. The molecule has 0 radical (unpaired) electrons. The number of rotatable bonds is 1. The second kappa shape index (κ2) is 4.27. The van der Waals surface area contributed by atoms with Gasteiger partial charge in [-0.25, -0.2) is 0 Å². The van der Waals surface area contributed by atoms with Crippen LogP contribution < -0.4 is 4.74 Å². The summed E-state index contributed by atoms with van der Waals surface area (Å²) in [5, 5.41) is 9.46. The molecule has 0 fully saturated rings. The maximum atomic E-state index is 9.46. The monoisotopic (exact) mass is 268 g/mol. The lowest BCUT2D eigenvalue weighted by Crippen LogP contribution is -2.41. The third-order valence-electron chi connectivity index (χ3n) is 4.21. The number of ether oxygens (including phenoxy) is 1. The first-order valence-corrected chi connectivity index (χ1v) is 6.99. The molecule has 1 aliphatic heterocycles. The van der Waals surface area contributed by atoms with Gasteiger partial charge in [-0.15, -0.1) is 0 Å². The van der Waals surface area contributed by atoms with Crippen LogP contribution in [0.15, 0.2) is 48.5 Å². The first kappa shape index (κ1) is 13.0. The smallest absolute Gasteiger partial charge is 0.132 e. The quantitative estimate of drug-likeness (QED) is 0.832. The van der Waals surface area contributed by atoms with E-state index in [9.17, 15) is 5.11 Å². The molecule has 0 aliphatic carbocycles. The number of phenolic OH excluding ortho intramolecular Hbond substituents is 1. The van der Waals surface area contributed by atoms with Gasteiger partial charge in [-0.05, 0) is 41.7 Å². The van der Waals surface area contributed by atoms with Crippen molar-refractivity contribution in [3.63, 3.8) is 0 Å². The van der Waals surface area contributed by atoms with Crippen molar-refractivity contribution in [2.24, 2.45) is 0 Å². The third kappa shape index (κ3) is 2.05. The van der Waals surface area contributed by atoms with Crippen LogP contribution in [0.5, 0.6) is 11.5 Å². The normalized spacial score (nSPS) is 23.8. The van der Waals surface area contributed by atoms with Gasteiger partial charge in [-0.1, -0.05) is 44.2 Å². The Morgan fingerprint density at radius 1 is 0.950 bits per heavy atom. The largest absolute Gasteiger partial charge is 0.508 e. The Hall–Kier alpha value is -1.96. The maximum Gasteiger partial charge on any atom is 0.132 e. The minimum atomic E-state index is -0.369. The zero-order valence-corrected chi connectivity index (χ0v) is 12.2. The van der Waals surface area contributed by atoms with Crippen molar-refractivity contribution < 1.29 is 9.84 Å². The Kier molecular flexibility index (Phi) is 2.79. The van der Waals surface area contributed by atoms with Crippen molar-refractivity contribution in [1.29, 1.82) is 0 Å². The van der Waals surface area contributed by atoms with E-state index in [0.29, 0.717) is 0 Å². The summed E-state index contributed by atoms with van der Waals surface area (Å²) in [6.45, 7) is 6.64. The van der Waals surface area contributed by atoms with E-state index in [0.717, 1.165) is 17.7 Å². The van der Waals surface area contributed by atoms with Crippen LogP contribution in [0, 0.1) is 0 Å². The van der Waals surface area contributed by atoms with Gasteiger partial charge in [0.25, 0.3) is 0 Å². The zero-order valence-electron chi connectivity index (χ0n) is 12.2. The number of para-hydroxylation sites is 1. The standard InChI is InChI=1S/C18H20O2/c1-17(2)12-18(3,13-8-10-14(19)11-9-13)20-16-7-5-4-6-15(16)17/h4-11,19H,12H2,1-3H3/t18-/m0/s1. The highest BCUT2D eigenvalue weighted by Crippen LogP contribution is 2.48. The molecule has 104 valence electrons. The van der Waals surface area contributed by atoms with Crippen LogP contribution in [-0.2, 0) is 11.0 Å². The Morgan fingerprint density at radius 2 is 1.60 bits per heavy atom. The summed E-state index contributed by atoms with van der Waals surface area (Å²) >= 11 is 0. The van der Waals surface area contributed by atoms with Crippen LogP contribution in [0.2, 0.25) is 0 Å². The summed E-state index contributed by atoms with van der Waals surface area (Å²) in [5.74, 6) is 1.24. The van der Waals surface area contributed by atoms with Gasteiger partial charge in [0.05, 0.1) is 0 Å². The highest BCUT2D eigenvalue weighted by molar-refractivity contribution is 5.44. The molecule has 0 aromatic heterocycles. The van der Waals surface area contributed by atoms with Gasteiger partial charge in [0.1, 0.15) is 17.1 Å². The van der Waals surface area contributed by atoms with Crippen molar-refractivity contribution in [3.8, 4) is 11.5 Å². The van der Waals surface area contributed by atoms with E-state index >= 15 is 0 Å². The predicted octanol–water partition coefficient (Wildman–Crippen LogP) is 4.37. The zero-order chi connectivity index (χ0) is 14.4. The Balaban J connectivity index is 2.07. The van der Waals surface area contributed by atoms with Crippen LogP contribution in [0.3, 0.4) is 0 Å². The molecular formula is C18H20O2. The molecule has 2 aromatic carbocycles. The van der Waals surface area contributed by atoms with Crippen LogP contribution in [-0.4, -0.2) is 5.11 Å². The minimum absolute atomic E-state index is 0.0570. The minimum Gasteiger partial charge on any atom is -0.508 e. The highest BCUT2D eigenvalue weighted by atomic mass is 16.5. The van der Waals surface area contributed by atoms with E-state index in [1.165, 1.54) is 5.56 Å². The van der Waals surface area contributed by atoms with Crippen molar-refractivity contribution >= 4 is 0 Å². The third-order valence-corrected chi connectivity index (χ3v) is 4.21. The van der Waals surface area contributed by atoms with Gasteiger partial charge in [0.2, 0.25) is 0 Å². The lowest BCUT2D eigenvalue weighted by molar-refractivity contribution is 0.0325. The summed E-state index contributed by atoms with van der Waals surface area (Å²) in [4.78, 5) is 0. The molecule has 1 aliphatic rings. The molecule has 3 rings (SSSR count). The SMILES string of the molecule is CC1(C)C[C@@](C)(c2ccc(O)cc2)Oc2ccccc21. The van der Waals surface area contributed by atoms with E-state index in [-0.39, 0.29) is 16.8 Å². The van der Waals surface area contributed by atoms with Gasteiger partial charge >= 0.3 is 0 Å². The lowest BCUT2D eigenvalue weighted by Gasteiger charge is -2.44. The molecule has 0 amide bonds. The molecule has 0 saturated carbocycles. The molecule has 0 bridgehead atoms. The molecule has 20 heavy (non-hydrogen) atoms. The van der Waals surface area contributed by atoms with E-state index in [4.69, 9.17) is 4.74 Å². The van der Waals surface area contributed by atoms with E-state index < -0.39 is 0 Å². The molecule has 1 heterocycles. The number of benzene rings is 2. The van der Waals surface area contributed by atoms with Crippen molar-refractivity contribution in [1.82, 2.24) is 0 Å². The lowest BCUT2D eigenvalue weighted by atomic mass is 9.71. The number of aromatic hydroxyl groups is 1. The molecule has 0 spiro atoms. The van der Waals surface area contributed by atoms with E-state index in [1.54, 1.807) is 12.1 Å². The molecule has 2 heteroatoms. The molecule has 1 N–H and O–H groups in total. The van der Waals surface area contributed by atoms with E-state index in [1.807, 2.05) is 24.3 Å². The molecule has 2 nitrogen and oxygen atoms in total. The first-order chi connectivity index (χ1) is 9.41. The van der Waals surface area contributed by atoms with Crippen LogP contribution in [0.1, 0.15) is 38.3 Å². The number of hydrogen-bond donors (Lipinski definition) is 1. The molecule has 0 saturated heterocycles. The fourth-order valence-corrected chi connectivity index (χ4v) is 3.31. The molecule has 2 aromatic rings. The fourth-order valence-electron chi connectivity index (χ4n) is 3.31. The Labute approximate surface area is 120 Å². The topological polar surface area (TPSA) is 29.5 Å². The number of phenols is 1. The summed E-state index contributed by atoms with van der Waals surface area (Å²) in [6.07, 6.45) is 0.905. The van der Waals surface area contributed by atoms with Gasteiger partial charge < -0.3 is 9.84 Å². The molecule has 0 unspecified atom stereocenters. The van der Waals surface area contributed by atoms with E-state index in [2.05, 4.69) is 32.9 Å². The van der Waals surface area contributed by atoms with Gasteiger partial charge in [-0.2, -0.15) is 0 Å². The average Bonchev–Trinajstić information content (AvgIpc) is 2.38. The van der Waals surface area contributed by atoms with Crippen LogP contribution in [0.4, 0.5) is 0 Å². The van der Waals surface area contributed by atoms with Gasteiger partial charge in [-0.3, -0.25) is 0 Å². The average molecular weight is 268 g/mol. The number of fused-ring (bicyclic) bond motifs is 1. The van der Waals surface area contributed by atoms with Gasteiger partial charge in [0.15, 0.2) is 0 Å². The van der Waals surface area contributed by atoms with Crippen LogP contribution >= 0.6 is 0 Å². The van der Waals surface area contributed by atoms with Crippen LogP contribution in [0.25, 0.3) is 0 Å². The highest BCUT2D eigenvalue weighted by Gasteiger charge is 2.42. The molecule has 1 atom stereocenters. The van der Waals surface area contributed by atoms with Crippen molar-refractivity contribution in [3.05, 3.63) is 59.7 Å². The fraction of sp³-hybridized carbons (Fsp3) is 0.333.